The number of ether oxygens (including phenoxy) is 1. The number of amides is 1. The first kappa shape index (κ1) is 22.7. The molecular weight excluding hydrogens is 388 g/mol. The number of hydrogen-bond donors (Lipinski definition) is 1. The number of carbonyl (C=O) groups excluding carboxylic acids is 1. The van der Waals surface area contributed by atoms with Crippen LogP contribution in [-0.2, 0) is 21.2 Å². The third-order valence-corrected chi connectivity index (χ3v) is 6.14. The second kappa shape index (κ2) is 9.78. The maximum atomic E-state index is 12.6. The van der Waals surface area contributed by atoms with E-state index in [-0.39, 0.29) is 12.5 Å². The van der Waals surface area contributed by atoms with Gasteiger partial charge in [-0.1, -0.05) is 31.2 Å². The van der Waals surface area contributed by atoms with E-state index in [1.54, 1.807) is 19.1 Å². The number of hydrogen-bond acceptors (Lipinski definition) is 4. The van der Waals surface area contributed by atoms with Crippen LogP contribution in [0.3, 0.4) is 0 Å². The van der Waals surface area contributed by atoms with Gasteiger partial charge in [0.1, 0.15) is 18.4 Å². The molecule has 0 aromatic heterocycles. The van der Waals surface area contributed by atoms with E-state index in [0.717, 1.165) is 39.4 Å². The second-order valence-electron chi connectivity index (χ2n) is 7.09. The third-order valence-electron chi connectivity index (χ3n) is 4.90. The minimum atomic E-state index is -3.62. The van der Waals surface area contributed by atoms with Gasteiger partial charge in [-0.25, -0.2) is 8.42 Å². The van der Waals surface area contributed by atoms with Crippen molar-refractivity contribution < 1.29 is 17.9 Å². The van der Waals surface area contributed by atoms with Gasteiger partial charge in [-0.05, 0) is 62.1 Å². The number of carbonyl (C=O) groups is 1. The molecule has 29 heavy (non-hydrogen) atoms. The molecule has 0 aliphatic rings. The van der Waals surface area contributed by atoms with Crippen molar-refractivity contribution in [3.63, 3.8) is 0 Å². The van der Waals surface area contributed by atoms with Gasteiger partial charge >= 0.3 is 0 Å². The summed E-state index contributed by atoms with van der Waals surface area (Å²) in [5, 5.41) is 2.76. The summed E-state index contributed by atoms with van der Waals surface area (Å²) < 4.78 is 31.6. The van der Waals surface area contributed by atoms with Crippen molar-refractivity contribution in [1.82, 2.24) is 5.32 Å². The molecule has 1 amide bonds. The Kier molecular flexibility index (Phi) is 7.67. The maximum absolute atomic E-state index is 12.6. The van der Waals surface area contributed by atoms with Crippen molar-refractivity contribution in [3.8, 4) is 5.75 Å². The first-order chi connectivity index (χ1) is 13.6. The van der Waals surface area contributed by atoms with Crippen LogP contribution in [0.4, 0.5) is 5.69 Å². The van der Waals surface area contributed by atoms with Crippen LogP contribution in [0.15, 0.2) is 42.5 Å². The molecule has 2 aromatic carbocycles. The summed E-state index contributed by atoms with van der Waals surface area (Å²) in [5.74, 6) is 0.403. The molecule has 0 heterocycles. The summed E-state index contributed by atoms with van der Waals surface area (Å²) in [6.07, 6.45) is 1.96. The highest BCUT2D eigenvalue weighted by Gasteiger charge is 2.28. The molecule has 0 saturated heterocycles. The Labute approximate surface area is 173 Å². The lowest BCUT2D eigenvalue weighted by atomic mass is 10.1. The lowest BCUT2D eigenvalue weighted by Gasteiger charge is -2.28. The molecule has 1 atom stereocenters. The van der Waals surface area contributed by atoms with E-state index in [1.165, 1.54) is 0 Å². The fraction of sp³-hybridized carbons (Fsp3) is 0.409. The number of benzene rings is 2. The number of sulfonamides is 1. The SMILES string of the molecule is CCc1ccc(N([C@@H](C)C(=O)NCCOc2cccc(C)c2C)S(C)(=O)=O)cc1. The van der Waals surface area contributed by atoms with Crippen LogP contribution >= 0.6 is 0 Å². The van der Waals surface area contributed by atoms with Gasteiger partial charge in [-0.3, -0.25) is 9.10 Å². The molecular formula is C22H30N2O4S. The van der Waals surface area contributed by atoms with Crippen LogP contribution < -0.4 is 14.4 Å². The summed E-state index contributed by atoms with van der Waals surface area (Å²) in [6, 6.07) is 12.1. The molecule has 158 valence electrons. The van der Waals surface area contributed by atoms with Gasteiger partial charge in [-0.2, -0.15) is 0 Å². The molecule has 0 bridgehead atoms. The van der Waals surface area contributed by atoms with Crippen molar-refractivity contribution in [3.05, 3.63) is 59.2 Å². The number of nitrogens with one attached hydrogen (secondary N) is 1. The Balaban J connectivity index is 2.00. The molecule has 0 fully saturated rings. The molecule has 0 aliphatic heterocycles. The molecule has 0 aliphatic carbocycles. The van der Waals surface area contributed by atoms with Crippen LogP contribution in [0.1, 0.15) is 30.5 Å². The molecule has 0 unspecified atom stereocenters. The highest BCUT2D eigenvalue weighted by atomic mass is 32.2. The van der Waals surface area contributed by atoms with Crippen LogP contribution in [0.5, 0.6) is 5.75 Å². The lowest BCUT2D eigenvalue weighted by Crippen LogP contribution is -2.48. The molecule has 6 nitrogen and oxygen atoms in total. The molecule has 2 aromatic rings. The Morgan fingerprint density at radius 3 is 2.38 bits per heavy atom. The fourth-order valence-electron chi connectivity index (χ4n) is 3.05. The highest BCUT2D eigenvalue weighted by molar-refractivity contribution is 7.92. The van der Waals surface area contributed by atoms with Gasteiger partial charge in [0, 0.05) is 0 Å². The van der Waals surface area contributed by atoms with Gasteiger partial charge in [-0.15, -0.1) is 0 Å². The van der Waals surface area contributed by atoms with Crippen molar-refractivity contribution in [2.45, 2.75) is 40.2 Å². The summed E-state index contributed by atoms with van der Waals surface area (Å²) in [6.45, 7) is 8.18. The minimum Gasteiger partial charge on any atom is -0.491 e. The van der Waals surface area contributed by atoms with Gasteiger partial charge < -0.3 is 10.1 Å². The Hall–Kier alpha value is -2.54. The quantitative estimate of drug-likeness (QED) is 0.635. The Morgan fingerprint density at radius 2 is 1.79 bits per heavy atom. The van der Waals surface area contributed by atoms with Crippen LogP contribution in [0.25, 0.3) is 0 Å². The molecule has 2 rings (SSSR count). The van der Waals surface area contributed by atoms with E-state index in [1.807, 2.05) is 51.1 Å². The van der Waals surface area contributed by atoms with E-state index >= 15 is 0 Å². The van der Waals surface area contributed by atoms with Crippen LogP contribution in [-0.4, -0.2) is 39.8 Å². The summed E-state index contributed by atoms with van der Waals surface area (Å²) in [5.41, 5.74) is 3.77. The predicted octanol–water partition coefficient (Wildman–Crippen LogP) is 3.22. The predicted molar refractivity (Wildman–Crippen MR) is 117 cm³/mol. The van der Waals surface area contributed by atoms with Gasteiger partial charge in [0.15, 0.2) is 0 Å². The van der Waals surface area contributed by atoms with E-state index in [0.29, 0.717) is 12.3 Å². The molecule has 0 radical (unpaired) electrons. The normalized spacial score (nSPS) is 12.3. The number of nitrogens with zero attached hydrogens (tertiary/aromatic N) is 1. The Bertz CT molecular complexity index is 940. The standard InChI is InChI=1S/C22H30N2O4S/c1-6-19-10-12-20(13-11-19)24(29(5,26)27)18(4)22(25)23-14-15-28-21-9-7-8-16(2)17(21)3/h7-13,18H,6,14-15H2,1-5H3,(H,23,25)/t18-/m0/s1. The zero-order valence-electron chi connectivity index (χ0n) is 17.7. The Morgan fingerprint density at radius 1 is 1.14 bits per heavy atom. The van der Waals surface area contributed by atoms with E-state index in [4.69, 9.17) is 4.74 Å². The number of anilines is 1. The van der Waals surface area contributed by atoms with E-state index < -0.39 is 16.1 Å². The molecule has 0 saturated carbocycles. The van der Waals surface area contributed by atoms with Crippen molar-refractivity contribution in [2.24, 2.45) is 0 Å². The smallest absolute Gasteiger partial charge is 0.243 e. The first-order valence-corrected chi connectivity index (χ1v) is 11.5. The van der Waals surface area contributed by atoms with Crippen molar-refractivity contribution in [1.29, 1.82) is 0 Å². The van der Waals surface area contributed by atoms with Crippen molar-refractivity contribution in [2.75, 3.05) is 23.7 Å². The van der Waals surface area contributed by atoms with Gasteiger partial charge in [0.25, 0.3) is 0 Å². The third kappa shape index (κ3) is 5.97. The maximum Gasteiger partial charge on any atom is 0.243 e. The summed E-state index contributed by atoms with van der Waals surface area (Å²) >= 11 is 0. The highest BCUT2D eigenvalue weighted by Crippen LogP contribution is 2.22. The fourth-order valence-corrected chi connectivity index (χ4v) is 4.23. The lowest BCUT2D eigenvalue weighted by molar-refractivity contribution is -0.121. The molecule has 0 spiro atoms. The van der Waals surface area contributed by atoms with Crippen LogP contribution in [0, 0.1) is 13.8 Å². The second-order valence-corrected chi connectivity index (χ2v) is 8.95. The average Bonchev–Trinajstić information content (AvgIpc) is 2.67. The summed E-state index contributed by atoms with van der Waals surface area (Å²) in [4.78, 5) is 12.6. The summed E-state index contributed by atoms with van der Waals surface area (Å²) in [7, 11) is -3.62. The average molecular weight is 419 g/mol. The molecule has 7 heteroatoms. The number of rotatable bonds is 9. The van der Waals surface area contributed by atoms with Crippen LogP contribution in [0.2, 0.25) is 0 Å². The van der Waals surface area contributed by atoms with E-state index in [2.05, 4.69) is 5.32 Å². The monoisotopic (exact) mass is 418 g/mol. The zero-order valence-corrected chi connectivity index (χ0v) is 18.5. The van der Waals surface area contributed by atoms with Crippen molar-refractivity contribution >= 4 is 21.6 Å². The minimum absolute atomic E-state index is 0.281. The van der Waals surface area contributed by atoms with E-state index in [9.17, 15) is 13.2 Å². The molecule has 1 N–H and O–H groups in total. The number of aryl methyl sites for hydroxylation is 2. The largest absolute Gasteiger partial charge is 0.491 e. The zero-order chi connectivity index (χ0) is 21.6. The van der Waals surface area contributed by atoms with Gasteiger partial charge in [0.2, 0.25) is 15.9 Å². The first-order valence-electron chi connectivity index (χ1n) is 9.70. The topological polar surface area (TPSA) is 75.7 Å². The van der Waals surface area contributed by atoms with Gasteiger partial charge in [0.05, 0.1) is 18.5 Å².